The lowest BCUT2D eigenvalue weighted by Crippen LogP contribution is -1.98. The zero-order valence-electron chi connectivity index (χ0n) is 10.7. The third kappa shape index (κ3) is 2.76. The van der Waals surface area contributed by atoms with Gasteiger partial charge in [0, 0.05) is 23.1 Å². The number of hydrogen-bond acceptors (Lipinski definition) is 5. The molecule has 0 radical (unpaired) electrons. The van der Waals surface area contributed by atoms with Gasteiger partial charge in [0.1, 0.15) is 10.1 Å². The Kier molecular flexibility index (Phi) is 3.84. The predicted octanol–water partition coefficient (Wildman–Crippen LogP) is 3.98. The average Bonchev–Trinajstić information content (AvgIpc) is 2.49. The monoisotopic (exact) mass is 346 g/mol. The summed E-state index contributed by atoms with van der Waals surface area (Å²) in [5.41, 5.74) is 0.923. The molecule has 0 amide bonds. The number of aromatic nitrogens is 3. The molecule has 2 aromatic heterocycles. The highest BCUT2D eigenvalue weighted by molar-refractivity contribution is 9.10. The molecule has 3 rings (SSSR count). The van der Waals surface area contributed by atoms with E-state index in [-0.39, 0.29) is 0 Å². The highest BCUT2D eigenvalue weighted by Crippen LogP contribution is 2.31. The van der Waals surface area contributed by atoms with Gasteiger partial charge in [0.05, 0.1) is 5.52 Å². The Morgan fingerprint density at radius 2 is 1.95 bits per heavy atom. The third-order valence-electron chi connectivity index (χ3n) is 2.69. The van der Waals surface area contributed by atoms with Gasteiger partial charge in [-0.25, -0.2) is 15.0 Å². The molecule has 0 spiro atoms. The summed E-state index contributed by atoms with van der Waals surface area (Å²) in [6.45, 7) is 0. The van der Waals surface area contributed by atoms with Crippen LogP contribution in [0, 0.1) is 0 Å². The quantitative estimate of drug-likeness (QED) is 0.727. The van der Waals surface area contributed by atoms with Crippen LogP contribution in [0.2, 0.25) is 0 Å². The number of halogens is 1. The fourth-order valence-electron chi connectivity index (χ4n) is 1.76. The number of fused-ring (bicyclic) bond motifs is 1. The smallest absolute Gasteiger partial charge is 0.224 e. The molecular weight excluding hydrogens is 336 g/mol. The van der Waals surface area contributed by atoms with Crippen molar-refractivity contribution < 1.29 is 0 Å². The molecule has 20 heavy (non-hydrogen) atoms. The summed E-state index contributed by atoms with van der Waals surface area (Å²) in [6, 6.07) is 11.9. The molecule has 0 fully saturated rings. The van der Waals surface area contributed by atoms with E-state index in [0.717, 1.165) is 25.4 Å². The summed E-state index contributed by atoms with van der Waals surface area (Å²) in [5.74, 6) is 0.614. The first kappa shape index (κ1) is 13.3. The number of benzene rings is 1. The van der Waals surface area contributed by atoms with Crippen molar-refractivity contribution in [3.63, 3.8) is 0 Å². The number of pyridine rings is 1. The molecule has 0 unspecified atom stereocenters. The van der Waals surface area contributed by atoms with E-state index in [1.165, 1.54) is 11.8 Å². The molecule has 100 valence electrons. The lowest BCUT2D eigenvalue weighted by atomic mass is 10.2. The van der Waals surface area contributed by atoms with Crippen molar-refractivity contribution in [1.29, 1.82) is 0 Å². The van der Waals surface area contributed by atoms with Crippen LogP contribution in [0.3, 0.4) is 0 Å². The van der Waals surface area contributed by atoms with E-state index in [2.05, 4.69) is 36.2 Å². The summed E-state index contributed by atoms with van der Waals surface area (Å²) in [7, 11) is 1.82. The Balaban J connectivity index is 2.07. The van der Waals surface area contributed by atoms with Crippen LogP contribution in [0.4, 0.5) is 5.95 Å². The summed E-state index contributed by atoms with van der Waals surface area (Å²) in [6.07, 6.45) is 1.78. The van der Waals surface area contributed by atoms with E-state index >= 15 is 0 Å². The van der Waals surface area contributed by atoms with Crippen molar-refractivity contribution in [2.24, 2.45) is 0 Å². The molecule has 0 bridgehead atoms. The molecule has 4 nitrogen and oxygen atoms in total. The average molecular weight is 347 g/mol. The van der Waals surface area contributed by atoms with Crippen molar-refractivity contribution >= 4 is 44.5 Å². The maximum absolute atomic E-state index is 4.53. The summed E-state index contributed by atoms with van der Waals surface area (Å²) >= 11 is 4.92. The van der Waals surface area contributed by atoms with Crippen molar-refractivity contribution in [1.82, 2.24) is 15.0 Å². The van der Waals surface area contributed by atoms with Crippen LogP contribution >= 0.6 is 27.7 Å². The van der Waals surface area contributed by atoms with Gasteiger partial charge in [0.25, 0.3) is 0 Å². The minimum atomic E-state index is 0.614. The largest absolute Gasteiger partial charge is 0.357 e. The van der Waals surface area contributed by atoms with E-state index in [4.69, 9.17) is 0 Å². The molecule has 1 aromatic carbocycles. The molecule has 0 aliphatic rings. The van der Waals surface area contributed by atoms with E-state index in [9.17, 15) is 0 Å². The molecule has 3 aromatic rings. The second kappa shape index (κ2) is 5.76. The summed E-state index contributed by atoms with van der Waals surface area (Å²) in [5, 5.41) is 5.82. The standard InChI is InChI=1S/C14H11BrN4S/c1-16-14-18-11-5-3-2-4-10(11)13(19-14)20-12-7-6-9(15)8-17-12/h2-8H,1H3,(H,16,18,19). The van der Waals surface area contributed by atoms with Crippen LogP contribution < -0.4 is 5.32 Å². The summed E-state index contributed by atoms with van der Waals surface area (Å²) < 4.78 is 0.963. The van der Waals surface area contributed by atoms with Crippen molar-refractivity contribution in [2.45, 2.75) is 10.1 Å². The molecular formula is C14H11BrN4S. The van der Waals surface area contributed by atoms with E-state index in [1.54, 1.807) is 6.20 Å². The lowest BCUT2D eigenvalue weighted by Gasteiger charge is -2.07. The highest BCUT2D eigenvalue weighted by Gasteiger charge is 2.09. The van der Waals surface area contributed by atoms with Gasteiger partial charge >= 0.3 is 0 Å². The first-order valence-electron chi connectivity index (χ1n) is 6.00. The SMILES string of the molecule is CNc1nc(Sc2ccc(Br)cn2)c2ccccc2n1. The lowest BCUT2D eigenvalue weighted by molar-refractivity contribution is 1.07. The predicted molar refractivity (Wildman–Crippen MR) is 85.1 cm³/mol. The molecule has 0 atom stereocenters. The highest BCUT2D eigenvalue weighted by atomic mass is 79.9. The van der Waals surface area contributed by atoms with Gasteiger partial charge < -0.3 is 5.32 Å². The second-order valence-electron chi connectivity index (χ2n) is 4.04. The number of nitrogens with zero attached hydrogens (tertiary/aromatic N) is 3. The fraction of sp³-hybridized carbons (Fsp3) is 0.0714. The molecule has 0 saturated heterocycles. The number of rotatable bonds is 3. The Morgan fingerprint density at radius 1 is 1.10 bits per heavy atom. The minimum Gasteiger partial charge on any atom is -0.357 e. The van der Waals surface area contributed by atoms with Crippen LogP contribution in [0.5, 0.6) is 0 Å². The molecule has 2 heterocycles. The summed E-state index contributed by atoms with van der Waals surface area (Å²) in [4.78, 5) is 13.3. The zero-order valence-corrected chi connectivity index (χ0v) is 13.1. The van der Waals surface area contributed by atoms with Gasteiger partial charge in [0.2, 0.25) is 5.95 Å². The van der Waals surface area contributed by atoms with Gasteiger partial charge in [-0.15, -0.1) is 0 Å². The molecule has 0 saturated carbocycles. The van der Waals surface area contributed by atoms with Crippen LogP contribution in [0.1, 0.15) is 0 Å². The molecule has 1 N–H and O–H groups in total. The van der Waals surface area contributed by atoms with E-state index in [1.807, 2.05) is 43.4 Å². The van der Waals surface area contributed by atoms with E-state index < -0.39 is 0 Å². The van der Waals surface area contributed by atoms with Gasteiger partial charge in [0.15, 0.2) is 0 Å². The van der Waals surface area contributed by atoms with Crippen molar-refractivity contribution in [3.05, 3.63) is 47.1 Å². The second-order valence-corrected chi connectivity index (χ2v) is 5.96. The Labute approximate surface area is 129 Å². The Morgan fingerprint density at radius 3 is 2.70 bits per heavy atom. The topological polar surface area (TPSA) is 50.7 Å². The van der Waals surface area contributed by atoms with Gasteiger partial charge in [-0.2, -0.15) is 0 Å². The Bertz CT molecular complexity index is 746. The van der Waals surface area contributed by atoms with Gasteiger partial charge in [-0.3, -0.25) is 0 Å². The maximum atomic E-state index is 4.53. The number of nitrogens with one attached hydrogen (secondary N) is 1. The first-order valence-corrected chi connectivity index (χ1v) is 7.61. The van der Waals surface area contributed by atoms with Gasteiger partial charge in [-0.1, -0.05) is 18.2 Å². The van der Waals surface area contributed by atoms with Crippen LogP contribution in [0.15, 0.2) is 57.1 Å². The normalized spacial score (nSPS) is 10.7. The van der Waals surface area contributed by atoms with Crippen LogP contribution in [-0.2, 0) is 0 Å². The van der Waals surface area contributed by atoms with E-state index in [0.29, 0.717) is 5.95 Å². The zero-order chi connectivity index (χ0) is 13.9. The van der Waals surface area contributed by atoms with Crippen molar-refractivity contribution in [2.75, 3.05) is 12.4 Å². The molecule has 0 aliphatic carbocycles. The molecule has 6 heteroatoms. The Hall–Kier alpha value is -1.66. The van der Waals surface area contributed by atoms with Crippen molar-refractivity contribution in [3.8, 4) is 0 Å². The first-order chi connectivity index (χ1) is 9.76. The number of para-hydroxylation sites is 1. The third-order valence-corrected chi connectivity index (χ3v) is 4.12. The maximum Gasteiger partial charge on any atom is 0.224 e. The molecule has 0 aliphatic heterocycles. The van der Waals surface area contributed by atoms with Crippen LogP contribution in [0.25, 0.3) is 10.9 Å². The fourth-order valence-corrected chi connectivity index (χ4v) is 2.85. The van der Waals surface area contributed by atoms with Gasteiger partial charge in [-0.05, 0) is 45.9 Å². The minimum absolute atomic E-state index is 0.614. The number of hydrogen-bond donors (Lipinski definition) is 1. The number of anilines is 1. The van der Waals surface area contributed by atoms with Crippen LogP contribution in [-0.4, -0.2) is 22.0 Å².